The Kier molecular flexibility index (Phi) is 2.75. The lowest BCUT2D eigenvalue weighted by atomic mass is 10.1. The standard InChI is InChI=1S/C12H16N4O2S/c1-8-12(9(2)15-14-8)19(17,18)16-6-4-11-10(7-16)3-5-13-11/h3,5,13H,4,6-7H2,1-2H3,(H,14,15). The molecule has 1 aliphatic heterocycles. The number of aromatic amines is 2. The van der Waals surface area contributed by atoms with Crippen LogP contribution in [0.1, 0.15) is 22.6 Å². The van der Waals surface area contributed by atoms with E-state index in [1.54, 1.807) is 13.8 Å². The molecule has 0 radical (unpaired) electrons. The molecule has 0 saturated carbocycles. The van der Waals surface area contributed by atoms with Gasteiger partial charge in [-0.3, -0.25) is 5.10 Å². The minimum atomic E-state index is -3.47. The summed E-state index contributed by atoms with van der Waals surface area (Å²) in [7, 11) is -3.47. The highest BCUT2D eigenvalue weighted by Crippen LogP contribution is 2.26. The first-order chi connectivity index (χ1) is 9.00. The second kappa shape index (κ2) is 4.21. The fraction of sp³-hybridized carbons (Fsp3) is 0.417. The lowest BCUT2D eigenvalue weighted by Crippen LogP contribution is -2.36. The Hall–Kier alpha value is -1.60. The van der Waals surface area contributed by atoms with Gasteiger partial charge in [-0.25, -0.2) is 8.42 Å². The Bertz CT molecular complexity index is 694. The molecule has 2 aromatic heterocycles. The number of fused-ring (bicyclic) bond motifs is 1. The molecule has 0 saturated heterocycles. The molecule has 0 amide bonds. The van der Waals surface area contributed by atoms with E-state index in [0.717, 1.165) is 17.7 Å². The summed E-state index contributed by atoms with van der Waals surface area (Å²) in [5, 5.41) is 6.71. The number of aromatic nitrogens is 3. The van der Waals surface area contributed by atoms with Crippen LogP contribution in [-0.4, -0.2) is 34.4 Å². The Morgan fingerprint density at radius 1 is 1.37 bits per heavy atom. The predicted octanol–water partition coefficient (Wildman–Crippen LogP) is 1.10. The first-order valence-electron chi connectivity index (χ1n) is 6.17. The monoisotopic (exact) mass is 280 g/mol. The largest absolute Gasteiger partial charge is 0.365 e. The van der Waals surface area contributed by atoms with Crippen LogP contribution in [-0.2, 0) is 23.0 Å². The van der Waals surface area contributed by atoms with E-state index in [9.17, 15) is 8.42 Å². The number of aryl methyl sites for hydroxylation is 2. The maximum Gasteiger partial charge on any atom is 0.247 e. The number of sulfonamides is 1. The second-order valence-corrected chi connectivity index (χ2v) is 6.71. The zero-order chi connectivity index (χ0) is 13.6. The van der Waals surface area contributed by atoms with Crippen molar-refractivity contribution in [1.82, 2.24) is 19.5 Å². The second-order valence-electron chi connectivity index (χ2n) is 4.83. The molecular weight excluding hydrogens is 264 g/mol. The van der Waals surface area contributed by atoms with Crippen molar-refractivity contribution in [2.45, 2.75) is 31.7 Å². The summed E-state index contributed by atoms with van der Waals surface area (Å²) in [5.74, 6) is 0. The molecular formula is C12H16N4O2S. The molecule has 6 nitrogen and oxygen atoms in total. The lowest BCUT2D eigenvalue weighted by Gasteiger charge is -2.26. The first kappa shape index (κ1) is 12.4. The highest BCUT2D eigenvalue weighted by atomic mass is 32.2. The fourth-order valence-corrected chi connectivity index (χ4v) is 4.33. The Morgan fingerprint density at radius 2 is 2.16 bits per heavy atom. The zero-order valence-corrected chi connectivity index (χ0v) is 11.7. The van der Waals surface area contributed by atoms with Gasteiger partial charge in [0, 0.05) is 31.4 Å². The van der Waals surface area contributed by atoms with Crippen molar-refractivity contribution in [2.24, 2.45) is 0 Å². The highest BCUT2D eigenvalue weighted by molar-refractivity contribution is 7.89. The van der Waals surface area contributed by atoms with E-state index in [1.165, 1.54) is 4.31 Å². The molecule has 7 heteroatoms. The molecule has 0 aromatic carbocycles. The van der Waals surface area contributed by atoms with E-state index < -0.39 is 10.0 Å². The van der Waals surface area contributed by atoms with Crippen LogP contribution in [0.2, 0.25) is 0 Å². The summed E-state index contributed by atoms with van der Waals surface area (Å²) in [6.45, 7) is 4.37. The van der Waals surface area contributed by atoms with Crippen LogP contribution in [0.5, 0.6) is 0 Å². The topological polar surface area (TPSA) is 81.8 Å². The van der Waals surface area contributed by atoms with Crippen molar-refractivity contribution in [3.63, 3.8) is 0 Å². The molecule has 102 valence electrons. The number of H-pyrrole nitrogens is 2. The third-order valence-electron chi connectivity index (χ3n) is 3.55. The van der Waals surface area contributed by atoms with Gasteiger partial charge in [-0.2, -0.15) is 9.40 Å². The molecule has 2 aromatic rings. The van der Waals surface area contributed by atoms with Crippen molar-refractivity contribution in [2.75, 3.05) is 6.54 Å². The lowest BCUT2D eigenvalue weighted by molar-refractivity contribution is 0.389. The molecule has 19 heavy (non-hydrogen) atoms. The van der Waals surface area contributed by atoms with Crippen molar-refractivity contribution in [3.05, 3.63) is 34.9 Å². The van der Waals surface area contributed by atoms with Crippen molar-refractivity contribution < 1.29 is 8.42 Å². The van der Waals surface area contributed by atoms with Crippen LogP contribution < -0.4 is 0 Å². The number of hydrogen-bond donors (Lipinski definition) is 2. The van der Waals surface area contributed by atoms with Gasteiger partial charge >= 0.3 is 0 Å². The number of nitrogens with one attached hydrogen (secondary N) is 2. The van der Waals surface area contributed by atoms with Gasteiger partial charge in [0.15, 0.2) is 0 Å². The molecule has 0 bridgehead atoms. The summed E-state index contributed by atoms with van der Waals surface area (Å²) >= 11 is 0. The van der Waals surface area contributed by atoms with Gasteiger partial charge in [0.05, 0.1) is 11.4 Å². The summed E-state index contributed by atoms with van der Waals surface area (Å²) < 4.78 is 26.9. The van der Waals surface area contributed by atoms with Gasteiger partial charge in [0.25, 0.3) is 0 Å². The molecule has 0 fully saturated rings. The normalized spacial score (nSPS) is 16.5. The van der Waals surface area contributed by atoms with E-state index in [-0.39, 0.29) is 0 Å². The van der Waals surface area contributed by atoms with E-state index in [2.05, 4.69) is 15.2 Å². The van der Waals surface area contributed by atoms with E-state index in [0.29, 0.717) is 29.4 Å². The van der Waals surface area contributed by atoms with Crippen LogP contribution >= 0.6 is 0 Å². The summed E-state index contributed by atoms with van der Waals surface area (Å²) in [6, 6.07) is 1.94. The van der Waals surface area contributed by atoms with Crippen molar-refractivity contribution in [1.29, 1.82) is 0 Å². The number of nitrogens with zero attached hydrogens (tertiary/aromatic N) is 2. The highest BCUT2D eigenvalue weighted by Gasteiger charge is 2.32. The Labute approximate surface area is 111 Å². The van der Waals surface area contributed by atoms with Crippen LogP contribution in [0.4, 0.5) is 0 Å². The predicted molar refractivity (Wildman–Crippen MR) is 70.2 cm³/mol. The van der Waals surface area contributed by atoms with Crippen LogP contribution in [0.15, 0.2) is 17.2 Å². The smallest absolute Gasteiger partial charge is 0.247 e. The maximum atomic E-state index is 12.7. The third-order valence-corrected chi connectivity index (χ3v) is 5.66. The number of rotatable bonds is 2. The molecule has 1 aliphatic rings. The quantitative estimate of drug-likeness (QED) is 0.864. The third kappa shape index (κ3) is 1.89. The molecule has 3 heterocycles. The average molecular weight is 280 g/mol. The Morgan fingerprint density at radius 3 is 2.84 bits per heavy atom. The van der Waals surface area contributed by atoms with E-state index in [1.807, 2.05) is 12.3 Å². The summed E-state index contributed by atoms with van der Waals surface area (Å²) in [6.07, 6.45) is 2.58. The SMILES string of the molecule is Cc1n[nH]c(C)c1S(=O)(=O)N1CCc2[nH]ccc2C1. The maximum absolute atomic E-state index is 12.7. The zero-order valence-electron chi connectivity index (χ0n) is 10.9. The van der Waals surface area contributed by atoms with Gasteiger partial charge in [-0.1, -0.05) is 0 Å². The minimum Gasteiger partial charge on any atom is -0.365 e. The Balaban J connectivity index is 1.99. The molecule has 0 atom stereocenters. The van der Waals surface area contributed by atoms with Crippen LogP contribution in [0.25, 0.3) is 0 Å². The molecule has 0 spiro atoms. The average Bonchev–Trinajstić information content (AvgIpc) is 2.95. The van der Waals surface area contributed by atoms with Gasteiger partial charge in [0.1, 0.15) is 4.90 Å². The fourth-order valence-electron chi connectivity index (χ4n) is 2.58. The van der Waals surface area contributed by atoms with E-state index in [4.69, 9.17) is 0 Å². The van der Waals surface area contributed by atoms with E-state index >= 15 is 0 Å². The van der Waals surface area contributed by atoms with Crippen molar-refractivity contribution in [3.8, 4) is 0 Å². The van der Waals surface area contributed by atoms with Crippen molar-refractivity contribution >= 4 is 10.0 Å². The van der Waals surface area contributed by atoms with Gasteiger partial charge in [-0.15, -0.1) is 0 Å². The first-order valence-corrected chi connectivity index (χ1v) is 7.61. The summed E-state index contributed by atoms with van der Waals surface area (Å²) in [4.78, 5) is 3.46. The van der Waals surface area contributed by atoms with Gasteiger partial charge < -0.3 is 4.98 Å². The molecule has 0 aliphatic carbocycles. The molecule has 3 rings (SSSR count). The van der Waals surface area contributed by atoms with Crippen LogP contribution in [0, 0.1) is 13.8 Å². The van der Waals surface area contributed by atoms with Crippen LogP contribution in [0.3, 0.4) is 0 Å². The summed E-state index contributed by atoms with van der Waals surface area (Å²) in [5.41, 5.74) is 3.30. The van der Waals surface area contributed by atoms with Gasteiger partial charge in [-0.05, 0) is 25.5 Å². The molecule has 2 N–H and O–H groups in total. The van der Waals surface area contributed by atoms with Gasteiger partial charge in [0.2, 0.25) is 10.0 Å². The number of hydrogen-bond acceptors (Lipinski definition) is 3. The molecule has 0 unspecified atom stereocenters. The minimum absolute atomic E-state index is 0.312.